The fraction of sp³-hybridized carbons (Fsp3) is 0.364. The highest BCUT2D eigenvalue weighted by Crippen LogP contribution is 2.36. The number of carbonyl (C=O) groups excluding carboxylic acids is 1. The Labute approximate surface area is 197 Å². The summed E-state index contributed by atoms with van der Waals surface area (Å²) in [6.07, 6.45) is 4.99. The predicted molar refractivity (Wildman–Crippen MR) is 126 cm³/mol. The predicted octanol–water partition coefficient (Wildman–Crippen LogP) is 1.63. The summed E-state index contributed by atoms with van der Waals surface area (Å²) >= 11 is 0. The highest BCUT2D eigenvalue weighted by molar-refractivity contribution is 7.90. The van der Waals surface area contributed by atoms with Gasteiger partial charge in [0.15, 0.2) is 14.9 Å². The monoisotopic (exact) mass is 486 g/mol. The van der Waals surface area contributed by atoms with Crippen LogP contribution in [0.4, 0.5) is 17.3 Å². The third-order valence-electron chi connectivity index (χ3n) is 5.66. The molecule has 3 N–H and O–H groups in total. The van der Waals surface area contributed by atoms with Gasteiger partial charge in [0.2, 0.25) is 5.91 Å². The summed E-state index contributed by atoms with van der Waals surface area (Å²) in [7, 11) is -1.86. The lowest BCUT2D eigenvalue weighted by Crippen LogP contribution is -2.31. The van der Waals surface area contributed by atoms with E-state index in [4.69, 9.17) is 4.74 Å². The fourth-order valence-electron chi connectivity index (χ4n) is 3.82. The molecule has 0 bridgehead atoms. The number of carbonyl (C=O) groups is 1. The van der Waals surface area contributed by atoms with Crippen LogP contribution in [0.2, 0.25) is 0 Å². The van der Waals surface area contributed by atoms with Gasteiger partial charge < -0.3 is 20.5 Å². The summed E-state index contributed by atoms with van der Waals surface area (Å²) in [5.41, 5.74) is 1.66. The van der Waals surface area contributed by atoms with E-state index in [-0.39, 0.29) is 30.0 Å². The van der Waals surface area contributed by atoms with E-state index in [0.717, 1.165) is 6.26 Å². The molecule has 0 saturated carbocycles. The van der Waals surface area contributed by atoms with E-state index in [9.17, 15) is 18.3 Å². The number of aliphatic hydroxyl groups excluding tert-OH is 1. The van der Waals surface area contributed by atoms with Crippen LogP contribution < -0.4 is 10.6 Å². The summed E-state index contributed by atoms with van der Waals surface area (Å²) in [6, 6.07) is 6.63. The lowest BCUT2D eigenvalue weighted by atomic mass is 9.81. The number of amides is 1. The van der Waals surface area contributed by atoms with E-state index < -0.39 is 15.3 Å². The number of hydrogen-bond donors (Lipinski definition) is 3. The Hall–Kier alpha value is -3.35. The second kappa shape index (κ2) is 9.12. The summed E-state index contributed by atoms with van der Waals surface area (Å²) < 4.78 is 32.0. The first-order chi connectivity index (χ1) is 16.1. The summed E-state index contributed by atoms with van der Waals surface area (Å²) in [6.45, 7) is 1.93. The number of aromatic nitrogens is 4. The van der Waals surface area contributed by atoms with E-state index in [2.05, 4.69) is 25.7 Å². The van der Waals surface area contributed by atoms with Crippen LogP contribution >= 0.6 is 0 Å². The third kappa shape index (κ3) is 4.93. The SMILES string of the molecule is CC(=O)Nc1cc(Nc2cc(C3(CO)CCOC3)cc(S(C)(=O)=O)n2)c(-c2ccn(C)n2)cn1. The van der Waals surface area contributed by atoms with Gasteiger partial charge in [-0.05, 0) is 30.2 Å². The van der Waals surface area contributed by atoms with E-state index in [1.54, 1.807) is 36.3 Å². The van der Waals surface area contributed by atoms with Crippen LogP contribution in [0.1, 0.15) is 18.9 Å². The molecule has 0 aromatic carbocycles. The number of sulfone groups is 1. The van der Waals surface area contributed by atoms with Gasteiger partial charge in [0.1, 0.15) is 11.6 Å². The lowest BCUT2D eigenvalue weighted by molar-refractivity contribution is -0.114. The second-order valence-electron chi connectivity index (χ2n) is 8.39. The number of pyridine rings is 2. The van der Waals surface area contributed by atoms with Gasteiger partial charge >= 0.3 is 0 Å². The molecule has 3 aromatic rings. The highest BCUT2D eigenvalue weighted by Gasteiger charge is 2.37. The molecule has 1 atom stereocenters. The first-order valence-corrected chi connectivity index (χ1v) is 12.4. The molecule has 1 aliphatic rings. The first kappa shape index (κ1) is 23.8. The number of nitrogens with zero attached hydrogens (tertiary/aromatic N) is 4. The second-order valence-corrected chi connectivity index (χ2v) is 10.4. The molecule has 1 aliphatic heterocycles. The maximum absolute atomic E-state index is 12.4. The average molecular weight is 487 g/mol. The number of hydrogen-bond acceptors (Lipinski definition) is 9. The van der Waals surface area contributed by atoms with Crippen molar-refractivity contribution in [2.24, 2.45) is 7.05 Å². The standard InChI is InChI=1S/C22H26N6O5S/c1-14(30)24-19-10-18(16(11-23-19)17-4-6-28(2)27-17)25-20-8-15(9-21(26-20)34(3,31)32)22(12-29)5-7-33-13-22/h4,6,8-11,29H,5,7,12-13H2,1-3H3,(H2,23,24,25,26,30). The van der Waals surface area contributed by atoms with Crippen LogP contribution in [-0.2, 0) is 31.8 Å². The van der Waals surface area contributed by atoms with Crippen LogP contribution in [0.25, 0.3) is 11.3 Å². The molecule has 1 amide bonds. The molecule has 4 heterocycles. The lowest BCUT2D eigenvalue weighted by Gasteiger charge is -2.26. The van der Waals surface area contributed by atoms with Crippen molar-refractivity contribution in [3.05, 3.63) is 42.2 Å². The molecule has 1 fully saturated rings. The molecule has 0 spiro atoms. The normalized spacial score (nSPS) is 18.1. The van der Waals surface area contributed by atoms with Crippen LogP contribution in [-0.4, -0.2) is 65.3 Å². The molecule has 12 heteroatoms. The Kier molecular flexibility index (Phi) is 6.39. The Morgan fingerprint density at radius 1 is 1.29 bits per heavy atom. The van der Waals surface area contributed by atoms with Crippen molar-refractivity contribution < 1.29 is 23.1 Å². The van der Waals surface area contributed by atoms with Gasteiger partial charge in [-0.15, -0.1) is 0 Å². The molecular weight excluding hydrogens is 460 g/mol. The fourth-order valence-corrected chi connectivity index (χ4v) is 4.43. The Morgan fingerprint density at radius 3 is 2.68 bits per heavy atom. The smallest absolute Gasteiger partial charge is 0.222 e. The zero-order valence-electron chi connectivity index (χ0n) is 19.1. The minimum atomic E-state index is -3.65. The van der Waals surface area contributed by atoms with Gasteiger partial charge in [-0.3, -0.25) is 9.48 Å². The molecule has 0 radical (unpaired) electrons. The van der Waals surface area contributed by atoms with Crippen molar-refractivity contribution in [2.75, 3.05) is 36.7 Å². The van der Waals surface area contributed by atoms with Crippen molar-refractivity contribution in [3.63, 3.8) is 0 Å². The average Bonchev–Trinajstić information content (AvgIpc) is 3.42. The highest BCUT2D eigenvalue weighted by atomic mass is 32.2. The van der Waals surface area contributed by atoms with Crippen LogP contribution in [0.3, 0.4) is 0 Å². The van der Waals surface area contributed by atoms with E-state index in [0.29, 0.717) is 41.4 Å². The first-order valence-electron chi connectivity index (χ1n) is 10.6. The Bertz CT molecular complexity index is 1330. The Morgan fingerprint density at radius 2 is 2.09 bits per heavy atom. The number of aliphatic hydroxyl groups is 1. The van der Waals surface area contributed by atoms with Crippen LogP contribution in [0.15, 0.2) is 41.7 Å². The number of aryl methyl sites for hydroxylation is 1. The summed E-state index contributed by atoms with van der Waals surface area (Å²) in [5, 5.41) is 20.2. The van der Waals surface area contributed by atoms with Gasteiger partial charge in [0.05, 0.1) is 24.6 Å². The number of nitrogens with one attached hydrogen (secondary N) is 2. The van der Waals surface area contributed by atoms with Crippen molar-refractivity contribution in [1.82, 2.24) is 19.7 Å². The molecule has 34 heavy (non-hydrogen) atoms. The summed E-state index contributed by atoms with van der Waals surface area (Å²) in [4.78, 5) is 20.1. The molecule has 180 valence electrons. The maximum Gasteiger partial charge on any atom is 0.222 e. The largest absolute Gasteiger partial charge is 0.395 e. The topological polar surface area (TPSA) is 148 Å². The number of ether oxygens (including phenoxy) is 1. The molecule has 11 nitrogen and oxygen atoms in total. The van der Waals surface area contributed by atoms with Crippen LogP contribution in [0, 0.1) is 0 Å². The van der Waals surface area contributed by atoms with Crippen molar-refractivity contribution in [1.29, 1.82) is 0 Å². The Balaban J connectivity index is 1.83. The number of rotatable bonds is 7. The van der Waals surface area contributed by atoms with Gasteiger partial charge in [-0.25, -0.2) is 18.4 Å². The minimum Gasteiger partial charge on any atom is -0.395 e. The van der Waals surface area contributed by atoms with E-state index >= 15 is 0 Å². The number of anilines is 3. The van der Waals surface area contributed by atoms with Crippen molar-refractivity contribution >= 4 is 33.1 Å². The summed E-state index contributed by atoms with van der Waals surface area (Å²) in [5.74, 6) is 0.287. The van der Waals surface area contributed by atoms with Gasteiger partial charge in [0.25, 0.3) is 0 Å². The molecule has 4 rings (SSSR count). The molecular formula is C22H26N6O5S. The van der Waals surface area contributed by atoms with Gasteiger partial charge in [0, 0.05) is 56.3 Å². The maximum atomic E-state index is 12.4. The van der Waals surface area contributed by atoms with Crippen molar-refractivity contribution in [3.8, 4) is 11.3 Å². The van der Waals surface area contributed by atoms with Gasteiger partial charge in [-0.2, -0.15) is 5.10 Å². The van der Waals surface area contributed by atoms with E-state index in [1.165, 1.54) is 13.0 Å². The van der Waals surface area contributed by atoms with Crippen molar-refractivity contribution in [2.45, 2.75) is 23.8 Å². The molecule has 0 aliphatic carbocycles. The minimum absolute atomic E-state index is 0.122. The molecule has 3 aromatic heterocycles. The quantitative estimate of drug-likeness (QED) is 0.453. The van der Waals surface area contributed by atoms with E-state index in [1.807, 2.05) is 6.07 Å². The molecule has 1 unspecified atom stereocenters. The van der Waals surface area contributed by atoms with Gasteiger partial charge in [-0.1, -0.05) is 0 Å². The molecule has 1 saturated heterocycles. The zero-order chi connectivity index (χ0) is 24.5. The third-order valence-corrected chi connectivity index (χ3v) is 6.63. The zero-order valence-corrected chi connectivity index (χ0v) is 19.9. The van der Waals surface area contributed by atoms with Crippen LogP contribution in [0.5, 0.6) is 0 Å².